The summed E-state index contributed by atoms with van der Waals surface area (Å²) in [6.45, 7) is 0.948. The molecule has 0 saturated carbocycles. The summed E-state index contributed by atoms with van der Waals surface area (Å²) in [6, 6.07) is 9.41. The van der Waals surface area contributed by atoms with E-state index in [1.165, 1.54) is 0 Å². The monoisotopic (exact) mass is 401 g/mol. The van der Waals surface area contributed by atoms with Gasteiger partial charge in [-0.3, -0.25) is 9.20 Å². The lowest BCUT2D eigenvalue weighted by atomic mass is 10.1. The number of amides is 1. The van der Waals surface area contributed by atoms with E-state index in [1.54, 1.807) is 19.1 Å². The van der Waals surface area contributed by atoms with Crippen molar-refractivity contribution >= 4 is 27.5 Å². The number of carbonyl (C=O) groups excluding carboxylic acids is 1. The Balaban J connectivity index is 1.64. The molecule has 0 atom stereocenters. The standard InChI is InChI=1S/C18H16BrN3O3/c1-24-13-4-3-11(15(8-13)25-2)9-21-10-14-17(18(21)23)22-6-5-12(19)7-16(22)20-14/h3-8H,9-10H2,1-2H3. The van der Waals surface area contributed by atoms with Crippen LogP contribution in [0.5, 0.6) is 11.5 Å². The molecular formula is C18H16BrN3O3. The zero-order valence-electron chi connectivity index (χ0n) is 13.8. The topological polar surface area (TPSA) is 56.1 Å². The Bertz CT molecular complexity index is 983. The summed E-state index contributed by atoms with van der Waals surface area (Å²) in [5.41, 5.74) is 3.14. The first-order chi connectivity index (χ1) is 12.1. The third-order valence-corrected chi connectivity index (χ3v) is 4.84. The van der Waals surface area contributed by atoms with Gasteiger partial charge >= 0.3 is 0 Å². The molecule has 0 N–H and O–H groups in total. The number of benzene rings is 1. The maximum atomic E-state index is 12.9. The number of rotatable bonds is 4. The summed E-state index contributed by atoms with van der Waals surface area (Å²) in [4.78, 5) is 19.2. The van der Waals surface area contributed by atoms with Gasteiger partial charge in [0.1, 0.15) is 22.8 Å². The first-order valence-corrected chi connectivity index (χ1v) is 8.56. The van der Waals surface area contributed by atoms with Crippen LogP contribution in [0, 0.1) is 0 Å². The lowest BCUT2D eigenvalue weighted by Crippen LogP contribution is -2.24. The second-order valence-electron chi connectivity index (χ2n) is 5.82. The highest BCUT2D eigenvalue weighted by atomic mass is 79.9. The van der Waals surface area contributed by atoms with Gasteiger partial charge in [0.2, 0.25) is 0 Å². The van der Waals surface area contributed by atoms with E-state index in [-0.39, 0.29) is 5.91 Å². The maximum Gasteiger partial charge on any atom is 0.273 e. The lowest BCUT2D eigenvalue weighted by molar-refractivity contribution is 0.0759. The summed E-state index contributed by atoms with van der Waals surface area (Å²) in [5, 5.41) is 0. The number of carbonyl (C=O) groups is 1. The van der Waals surface area contributed by atoms with Crippen LogP contribution < -0.4 is 9.47 Å². The normalized spacial score (nSPS) is 13.4. The molecule has 3 aromatic rings. The SMILES string of the molecule is COc1ccc(CN2Cc3nc4cc(Br)ccn4c3C2=O)c(OC)c1. The van der Waals surface area contributed by atoms with Crippen molar-refractivity contribution in [1.29, 1.82) is 0 Å². The highest BCUT2D eigenvalue weighted by Gasteiger charge is 2.32. The molecule has 4 rings (SSSR count). The first kappa shape index (κ1) is 16.0. The fourth-order valence-electron chi connectivity index (χ4n) is 3.12. The molecule has 0 unspecified atom stereocenters. The van der Waals surface area contributed by atoms with E-state index in [0.717, 1.165) is 27.1 Å². The fraction of sp³-hybridized carbons (Fsp3) is 0.222. The molecular weight excluding hydrogens is 386 g/mol. The Morgan fingerprint density at radius 3 is 2.80 bits per heavy atom. The van der Waals surface area contributed by atoms with Crippen molar-refractivity contribution < 1.29 is 14.3 Å². The Kier molecular flexibility index (Phi) is 3.88. The van der Waals surface area contributed by atoms with Crippen LogP contribution in [0.2, 0.25) is 0 Å². The van der Waals surface area contributed by atoms with Crippen molar-refractivity contribution in [3.05, 3.63) is 58.0 Å². The smallest absolute Gasteiger partial charge is 0.273 e. The van der Waals surface area contributed by atoms with E-state index in [0.29, 0.717) is 24.5 Å². The third-order valence-electron chi connectivity index (χ3n) is 4.35. The molecule has 2 aromatic heterocycles. The quantitative estimate of drug-likeness (QED) is 0.672. The molecule has 0 saturated heterocycles. The zero-order chi connectivity index (χ0) is 17.6. The van der Waals surface area contributed by atoms with Gasteiger partial charge in [-0.05, 0) is 24.3 Å². The number of hydrogen-bond acceptors (Lipinski definition) is 4. The van der Waals surface area contributed by atoms with Crippen LogP contribution in [0.3, 0.4) is 0 Å². The summed E-state index contributed by atoms with van der Waals surface area (Å²) in [5.74, 6) is 1.40. The van der Waals surface area contributed by atoms with Gasteiger partial charge < -0.3 is 14.4 Å². The van der Waals surface area contributed by atoms with Crippen molar-refractivity contribution in [2.45, 2.75) is 13.1 Å². The number of ether oxygens (including phenoxy) is 2. The van der Waals surface area contributed by atoms with Crippen molar-refractivity contribution in [2.75, 3.05) is 14.2 Å². The molecule has 6 nitrogen and oxygen atoms in total. The predicted molar refractivity (Wildman–Crippen MR) is 96.0 cm³/mol. The van der Waals surface area contributed by atoms with Gasteiger partial charge in [0.05, 0.1) is 33.0 Å². The highest BCUT2D eigenvalue weighted by Crippen LogP contribution is 2.30. The molecule has 3 heterocycles. The van der Waals surface area contributed by atoms with Gasteiger partial charge in [0.25, 0.3) is 5.91 Å². The highest BCUT2D eigenvalue weighted by molar-refractivity contribution is 9.10. The van der Waals surface area contributed by atoms with Crippen LogP contribution in [0.1, 0.15) is 21.7 Å². The number of pyridine rings is 1. The summed E-state index contributed by atoms with van der Waals surface area (Å²) in [6.07, 6.45) is 1.86. The lowest BCUT2D eigenvalue weighted by Gasteiger charge is -2.18. The van der Waals surface area contributed by atoms with Gasteiger partial charge in [-0.25, -0.2) is 4.98 Å². The van der Waals surface area contributed by atoms with Crippen LogP contribution in [0.25, 0.3) is 5.65 Å². The first-order valence-electron chi connectivity index (χ1n) is 7.77. The van der Waals surface area contributed by atoms with E-state index in [4.69, 9.17) is 9.47 Å². The number of methoxy groups -OCH3 is 2. The Labute approximate surface area is 153 Å². The van der Waals surface area contributed by atoms with E-state index in [2.05, 4.69) is 20.9 Å². The van der Waals surface area contributed by atoms with E-state index in [9.17, 15) is 4.79 Å². The summed E-state index contributed by atoms with van der Waals surface area (Å²) >= 11 is 3.43. The van der Waals surface area contributed by atoms with E-state index in [1.807, 2.05) is 40.9 Å². The molecule has 0 radical (unpaired) electrons. The van der Waals surface area contributed by atoms with Gasteiger partial charge in [-0.15, -0.1) is 0 Å². The zero-order valence-corrected chi connectivity index (χ0v) is 15.4. The second-order valence-corrected chi connectivity index (χ2v) is 6.73. The van der Waals surface area contributed by atoms with Gasteiger partial charge in [-0.1, -0.05) is 15.9 Å². The van der Waals surface area contributed by atoms with Crippen molar-refractivity contribution in [1.82, 2.24) is 14.3 Å². The molecule has 7 heteroatoms. The molecule has 1 aliphatic heterocycles. The van der Waals surface area contributed by atoms with Gasteiger partial charge in [0.15, 0.2) is 0 Å². The maximum absolute atomic E-state index is 12.9. The molecule has 1 aromatic carbocycles. The molecule has 25 heavy (non-hydrogen) atoms. The number of nitrogens with zero attached hydrogens (tertiary/aromatic N) is 3. The van der Waals surface area contributed by atoms with Crippen LogP contribution in [-0.2, 0) is 13.1 Å². The molecule has 1 aliphatic rings. The molecule has 0 spiro atoms. The van der Waals surface area contributed by atoms with Crippen LogP contribution in [0.15, 0.2) is 41.0 Å². The number of hydrogen-bond donors (Lipinski definition) is 0. The van der Waals surface area contributed by atoms with Crippen molar-refractivity contribution in [3.8, 4) is 11.5 Å². The number of halogens is 1. The molecule has 0 aliphatic carbocycles. The van der Waals surface area contributed by atoms with E-state index < -0.39 is 0 Å². The Morgan fingerprint density at radius 1 is 1.20 bits per heavy atom. The Hall–Kier alpha value is -2.54. The van der Waals surface area contributed by atoms with Crippen LogP contribution in [0.4, 0.5) is 0 Å². The molecule has 0 fully saturated rings. The second kappa shape index (κ2) is 6.07. The fourth-order valence-corrected chi connectivity index (χ4v) is 3.45. The molecule has 0 bridgehead atoms. The Morgan fingerprint density at radius 2 is 2.04 bits per heavy atom. The molecule has 128 valence electrons. The summed E-state index contributed by atoms with van der Waals surface area (Å²) < 4.78 is 13.4. The summed E-state index contributed by atoms with van der Waals surface area (Å²) in [7, 11) is 3.23. The van der Waals surface area contributed by atoms with Gasteiger partial charge in [-0.2, -0.15) is 0 Å². The van der Waals surface area contributed by atoms with E-state index >= 15 is 0 Å². The molecule has 1 amide bonds. The minimum absolute atomic E-state index is 0.0253. The minimum Gasteiger partial charge on any atom is -0.497 e. The average Bonchev–Trinajstić information content (AvgIpc) is 3.11. The van der Waals surface area contributed by atoms with Crippen molar-refractivity contribution in [3.63, 3.8) is 0 Å². The van der Waals surface area contributed by atoms with Gasteiger partial charge in [0, 0.05) is 22.3 Å². The number of aromatic nitrogens is 2. The number of fused-ring (bicyclic) bond motifs is 3. The largest absolute Gasteiger partial charge is 0.497 e. The third kappa shape index (κ3) is 2.64. The van der Waals surface area contributed by atoms with Crippen molar-refractivity contribution in [2.24, 2.45) is 0 Å². The predicted octanol–water partition coefficient (Wildman–Crippen LogP) is 3.27. The number of imidazole rings is 1. The van der Waals surface area contributed by atoms with Crippen LogP contribution >= 0.6 is 15.9 Å². The average molecular weight is 402 g/mol. The van der Waals surface area contributed by atoms with Crippen LogP contribution in [-0.4, -0.2) is 34.4 Å². The minimum atomic E-state index is -0.0253.